The second kappa shape index (κ2) is 10.4. The van der Waals surface area contributed by atoms with Crippen LogP contribution in [0.3, 0.4) is 0 Å². The van der Waals surface area contributed by atoms with Gasteiger partial charge in [0.2, 0.25) is 5.95 Å². The first-order valence-electron chi connectivity index (χ1n) is 11.1. The van der Waals surface area contributed by atoms with Gasteiger partial charge in [0.25, 0.3) is 0 Å². The fourth-order valence-corrected chi connectivity index (χ4v) is 4.66. The summed E-state index contributed by atoms with van der Waals surface area (Å²) in [5.41, 5.74) is 4.88. The van der Waals surface area contributed by atoms with E-state index in [4.69, 9.17) is 0 Å². The lowest BCUT2D eigenvalue weighted by Gasteiger charge is -2.32. The Labute approximate surface area is 203 Å². The van der Waals surface area contributed by atoms with E-state index in [0.29, 0.717) is 5.95 Å². The number of hydrogen-bond donors (Lipinski definition) is 1. The van der Waals surface area contributed by atoms with Crippen LogP contribution in [0.15, 0.2) is 71.6 Å². The molecule has 0 radical (unpaired) electrons. The Hall–Kier alpha value is -3.11. The number of likely N-dealkylation sites (N-methyl/N-ethyl adjacent to an activating group) is 1. The highest BCUT2D eigenvalue weighted by molar-refractivity contribution is 7.84. The highest BCUT2D eigenvalue weighted by atomic mass is 32.2. The molecule has 1 atom stereocenters. The molecule has 34 heavy (non-hydrogen) atoms. The summed E-state index contributed by atoms with van der Waals surface area (Å²) in [7, 11) is 1.14. The minimum Gasteiger partial charge on any atom is -0.412 e. The number of anilines is 2. The van der Waals surface area contributed by atoms with E-state index >= 15 is 0 Å². The summed E-state index contributed by atoms with van der Waals surface area (Å²) in [6.45, 7) is 5.46. The van der Waals surface area contributed by atoms with Gasteiger partial charge in [-0.15, -0.1) is 5.10 Å². The van der Waals surface area contributed by atoms with Crippen LogP contribution in [0.1, 0.15) is 6.99 Å². The molecule has 1 fully saturated rings. The normalized spacial score (nSPS) is 15.7. The van der Waals surface area contributed by atoms with Gasteiger partial charge in [-0.25, -0.2) is 4.52 Å². The topological polar surface area (TPSA) is 97.3 Å². The SMILES string of the molecule is CN1CCN(Cc2ccc(Nc3nc4cccc(-c5cccc(S(C)=O)c5)n4n3)cc2)CC1.O.[HH]. The highest BCUT2D eigenvalue weighted by Crippen LogP contribution is 2.24. The van der Waals surface area contributed by atoms with Crippen LogP contribution in [0.2, 0.25) is 0 Å². The lowest BCUT2D eigenvalue weighted by Crippen LogP contribution is -2.43. The molecule has 5 rings (SSSR count). The zero-order valence-electron chi connectivity index (χ0n) is 19.4. The van der Waals surface area contributed by atoms with E-state index in [1.54, 1.807) is 6.26 Å². The first-order valence-corrected chi connectivity index (χ1v) is 12.7. The van der Waals surface area contributed by atoms with Gasteiger partial charge in [-0.1, -0.05) is 30.3 Å². The average molecular weight is 481 g/mol. The number of nitrogens with zero attached hydrogens (tertiary/aromatic N) is 5. The van der Waals surface area contributed by atoms with Crippen LogP contribution in [0.25, 0.3) is 16.9 Å². The number of pyridine rings is 1. The molecule has 3 N–H and O–H groups in total. The minimum absolute atomic E-state index is 0. The molecule has 2 aromatic heterocycles. The number of piperazine rings is 1. The minimum atomic E-state index is -1.04. The number of aromatic nitrogens is 3. The lowest BCUT2D eigenvalue weighted by molar-refractivity contribution is 0.148. The van der Waals surface area contributed by atoms with Crippen LogP contribution in [0.5, 0.6) is 0 Å². The molecular formula is C25H32N6O2S. The fourth-order valence-electron chi connectivity index (χ4n) is 4.10. The van der Waals surface area contributed by atoms with E-state index < -0.39 is 10.8 Å². The molecule has 0 aliphatic carbocycles. The molecule has 3 heterocycles. The van der Waals surface area contributed by atoms with Crippen molar-refractivity contribution >= 4 is 28.1 Å². The van der Waals surface area contributed by atoms with Crippen molar-refractivity contribution in [2.75, 3.05) is 44.8 Å². The van der Waals surface area contributed by atoms with E-state index in [9.17, 15) is 4.21 Å². The molecule has 1 aliphatic heterocycles. The second-order valence-corrected chi connectivity index (χ2v) is 9.88. The molecule has 0 bridgehead atoms. The molecule has 2 aromatic carbocycles. The molecule has 9 heteroatoms. The van der Waals surface area contributed by atoms with Crippen LogP contribution < -0.4 is 5.32 Å². The van der Waals surface area contributed by atoms with Gasteiger partial charge in [-0.05, 0) is 49.0 Å². The quantitative estimate of drug-likeness (QED) is 0.456. The molecule has 1 aliphatic rings. The van der Waals surface area contributed by atoms with Crippen molar-refractivity contribution < 1.29 is 11.1 Å². The van der Waals surface area contributed by atoms with Gasteiger partial charge in [-0.2, -0.15) is 4.98 Å². The third-order valence-corrected chi connectivity index (χ3v) is 6.95. The van der Waals surface area contributed by atoms with E-state index in [2.05, 4.69) is 56.5 Å². The van der Waals surface area contributed by atoms with Gasteiger partial charge in [-0.3, -0.25) is 9.11 Å². The molecule has 0 amide bonds. The van der Waals surface area contributed by atoms with Crippen molar-refractivity contribution in [2.24, 2.45) is 0 Å². The van der Waals surface area contributed by atoms with Crippen LogP contribution in [0.4, 0.5) is 11.6 Å². The van der Waals surface area contributed by atoms with Gasteiger partial charge in [0, 0.05) is 67.4 Å². The van der Waals surface area contributed by atoms with E-state index in [0.717, 1.165) is 60.2 Å². The molecular weight excluding hydrogens is 448 g/mol. The maximum absolute atomic E-state index is 11.9. The molecule has 0 saturated carbocycles. The van der Waals surface area contributed by atoms with E-state index in [1.165, 1.54) is 5.56 Å². The molecule has 1 unspecified atom stereocenters. The first-order chi connectivity index (χ1) is 16.0. The van der Waals surface area contributed by atoms with Gasteiger partial charge >= 0.3 is 0 Å². The summed E-state index contributed by atoms with van der Waals surface area (Å²) in [4.78, 5) is 10.3. The van der Waals surface area contributed by atoms with Crippen molar-refractivity contribution in [3.63, 3.8) is 0 Å². The Balaban J connectivity index is 0.00000171. The van der Waals surface area contributed by atoms with E-state index in [-0.39, 0.29) is 6.90 Å². The summed E-state index contributed by atoms with van der Waals surface area (Å²) in [6.07, 6.45) is 1.69. The Bertz CT molecular complexity index is 1290. The third kappa shape index (κ3) is 5.34. The number of fused-ring (bicyclic) bond motifs is 1. The molecule has 0 spiro atoms. The molecule has 4 aromatic rings. The Kier molecular flexibility index (Phi) is 7.38. The fraction of sp³-hybridized carbons (Fsp3) is 0.280. The average Bonchev–Trinajstić information content (AvgIpc) is 3.24. The van der Waals surface area contributed by atoms with Gasteiger partial charge in [0.15, 0.2) is 5.65 Å². The van der Waals surface area contributed by atoms with Crippen molar-refractivity contribution in [3.8, 4) is 11.3 Å². The third-order valence-electron chi connectivity index (χ3n) is 6.03. The Morgan fingerprint density at radius 2 is 1.74 bits per heavy atom. The van der Waals surface area contributed by atoms with Crippen LogP contribution in [-0.4, -0.2) is 73.6 Å². The highest BCUT2D eigenvalue weighted by Gasteiger charge is 2.14. The summed E-state index contributed by atoms with van der Waals surface area (Å²) < 4.78 is 13.7. The molecule has 8 nitrogen and oxygen atoms in total. The van der Waals surface area contributed by atoms with Crippen LogP contribution in [-0.2, 0) is 17.3 Å². The standard InChI is InChI=1S/C25H28N6OS.H2O.H2/c1-29-13-15-30(16-14-29)18-19-9-11-21(12-10-19)26-25-27-24-8-4-7-23(31(24)28-25)20-5-3-6-22(17-20)33(2)32;;/h3-12,17H,13-16,18H2,1-2H3,(H,26,28);1H2;1H. The maximum Gasteiger partial charge on any atom is 0.247 e. The first kappa shape index (κ1) is 24.0. The van der Waals surface area contributed by atoms with Crippen molar-refractivity contribution in [1.82, 2.24) is 24.4 Å². The smallest absolute Gasteiger partial charge is 0.247 e. The van der Waals surface area contributed by atoms with Crippen LogP contribution >= 0.6 is 0 Å². The largest absolute Gasteiger partial charge is 0.412 e. The predicted octanol–water partition coefficient (Wildman–Crippen LogP) is 3.05. The van der Waals surface area contributed by atoms with Crippen molar-refractivity contribution in [3.05, 3.63) is 72.3 Å². The molecule has 180 valence electrons. The molecule has 1 saturated heterocycles. The zero-order valence-corrected chi connectivity index (χ0v) is 20.3. The predicted molar refractivity (Wildman–Crippen MR) is 139 cm³/mol. The Morgan fingerprint density at radius 3 is 2.47 bits per heavy atom. The summed E-state index contributed by atoms with van der Waals surface area (Å²) in [5, 5.41) is 8.01. The number of hydrogen-bond acceptors (Lipinski definition) is 6. The summed E-state index contributed by atoms with van der Waals surface area (Å²) in [5.74, 6) is 0.546. The number of benzene rings is 2. The zero-order chi connectivity index (χ0) is 22.8. The second-order valence-electron chi connectivity index (χ2n) is 8.50. The summed E-state index contributed by atoms with van der Waals surface area (Å²) in [6, 6.07) is 22.1. The van der Waals surface area contributed by atoms with Crippen LogP contribution in [0, 0.1) is 0 Å². The van der Waals surface area contributed by atoms with Gasteiger partial charge in [0.05, 0.1) is 5.69 Å². The van der Waals surface area contributed by atoms with Gasteiger partial charge in [0.1, 0.15) is 0 Å². The van der Waals surface area contributed by atoms with Gasteiger partial charge < -0.3 is 15.7 Å². The number of nitrogens with one attached hydrogen (secondary N) is 1. The van der Waals surface area contributed by atoms with Crippen molar-refractivity contribution in [1.29, 1.82) is 0 Å². The van der Waals surface area contributed by atoms with E-state index in [1.807, 2.05) is 47.0 Å². The summed E-state index contributed by atoms with van der Waals surface area (Å²) >= 11 is 0. The number of rotatable bonds is 6. The Morgan fingerprint density at radius 1 is 1.00 bits per heavy atom. The van der Waals surface area contributed by atoms with Crippen molar-refractivity contribution in [2.45, 2.75) is 11.4 Å². The lowest BCUT2D eigenvalue weighted by atomic mass is 10.1. The monoisotopic (exact) mass is 480 g/mol. The maximum atomic E-state index is 11.9.